The maximum atomic E-state index is 12.6. The second kappa shape index (κ2) is 5.68. The van der Waals surface area contributed by atoms with E-state index in [2.05, 4.69) is 32.6 Å². The average Bonchev–Trinajstić information content (AvgIpc) is 3.25. The van der Waals surface area contributed by atoms with Crippen LogP contribution >= 0.6 is 0 Å². The molecule has 3 aromatic rings. The zero-order valence-corrected chi connectivity index (χ0v) is 12.5. The molecular weight excluding hydrogens is 288 g/mol. The molecule has 5 nitrogen and oxygen atoms in total. The first kappa shape index (κ1) is 13.7. The van der Waals surface area contributed by atoms with Crippen LogP contribution in [-0.2, 0) is 6.42 Å². The van der Waals surface area contributed by atoms with Crippen molar-refractivity contribution < 1.29 is 4.79 Å². The van der Waals surface area contributed by atoms with Gasteiger partial charge in [-0.3, -0.25) is 9.89 Å². The number of hydrogen-bond acceptors (Lipinski definition) is 3. The normalized spacial score (nSPS) is 16.1. The molecule has 1 aliphatic rings. The molecule has 5 heteroatoms. The molecule has 1 atom stereocenters. The van der Waals surface area contributed by atoms with Gasteiger partial charge < -0.3 is 5.32 Å². The van der Waals surface area contributed by atoms with Crippen molar-refractivity contribution in [1.82, 2.24) is 20.5 Å². The van der Waals surface area contributed by atoms with E-state index in [4.69, 9.17) is 0 Å². The molecule has 0 fully saturated rings. The molecule has 0 bridgehead atoms. The van der Waals surface area contributed by atoms with E-state index in [1.807, 2.05) is 36.4 Å². The summed E-state index contributed by atoms with van der Waals surface area (Å²) >= 11 is 0. The molecule has 114 valence electrons. The summed E-state index contributed by atoms with van der Waals surface area (Å²) in [5.41, 5.74) is 4.03. The number of benzene rings is 2. The summed E-state index contributed by atoms with van der Waals surface area (Å²) in [5.74, 6) is 0.596. The largest absolute Gasteiger partial charge is 0.345 e. The van der Waals surface area contributed by atoms with Crippen molar-refractivity contribution in [3.8, 4) is 11.4 Å². The van der Waals surface area contributed by atoms with Gasteiger partial charge in [0.2, 0.25) is 0 Å². The lowest BCUT2D eigenvalue weighted by Crippen LogP contribution is -2.27. The molecule has 1 aliphatic carbocycles. The van der Waals surface area contributed by atoms with Gasteiger partial charge in [-0.05, 0) is 36.1 Å². The zero-order valence-electron chi connectivity index (χ0n) is 12.5. The fraction of sp³-hybridized carbons (Fsp3) is 0.167. The Hall–Kier alpha value is -2.95. The van der Waals surface area contributed by atoms with Gasteiger partial charge in [0.15, 0.2) is 5.82 Å². The second-order valence-corrected chi connectivity index (χ2v) is 5.68. The number of rotatable bonds is 3. The number of aromatic nitrogens is 3. The molecule has 0 saturated carbocycles. The van der Waals surface area contributed by atoms with Gasteiger partial charge >= 0.3 is 0 Å². The third-order valence-electron chi connectivity index (χ3n) is 4.25. The molecule has 0 radical (unpaired) electrons. The monoisotopic (exact) mass is 304 g/mol. The fourth-order valence-corrected chi connectivity index (χ4v) is 3.10. The Morgan fingerprint density at radius 1 is 1.17 bits per heavy atom. The Morgan fingerprint density at radius 2 is 2.09 bits per heavy atom. The average molecular weight is 304 g/mol. The standard InChI is InChI=1S/C18H16N4O/c23-18(21-16-9-8-12-4-1-2-7-15(12)16)14-6-3-5-13(10-14)17-19-11-20-22-17/h1-7,10-11,16H,8-9H2,(H,21,23)(H,19,20,22)/t16-/m0/s1. The minimum atomic E-state index is -0.0620. The molecule has 2 aromatic carbocycles. The Balaban J connectivity index is 1.55. The number of aryl methyl sites for hydroxylation is 1. The number of amides is 1. The molecule has 2 N–H and O–H groups in total. The van der Waals surface area contributed by atoms with E-state index >= 15 is 0 Å². The van der Waals surface area contributed by atoms with E-state index in [1.54, 1.807) is 0 Å². The van der Waals surface area contributed by atoms with Crippen LogP contribution in [0.15, 0.2) is 54.9 Å². The van der Waals surface area contributed by atoms with Gasteiger partial charge in [0.1, 0.15) is 6.33 Å². The Bertz CT molecular complexity index is 842. The van der Waals surface area contributed by atoms with Crippen LogP contribution in [-0.4, -0.2) is 21.1 Å². The second-order valence-electron chi connectivity index (χ2n) is 5.68. The lowest BCUT2D eigenvalue weighted by atomic mass is 10.1. The van der Waals surface area contributed by atoms with E-state index in [0.717, 1.165) is 18.4 Å². The number of H-pyrrole nitrogens is 1. The van der Waals surface area contributed by atoms with E-state index in [0.29, 0.717) is 11.4 Å². The molecule has 0 spiro atoms. The summed E-state index contributed by atoms with van der Waals surface area (Å²) in [4.78, 5) is 16.7. The third-order valence-corrected chi connectivity index (χ3v) is 4.25. The third kappa shape index (κ3) is 2.61. The van der Waals surface area contributed by atoms with Gasteiger partial charge in [0, 0.05) is 11.1 Å². The van der Waals surface area contributed by atoms with Crippen LogP contribution in [0.1, 0.15) is 33.9 Å². The van der Waals surface area contributed by atoms with Crippen molar-refractivity contribution in [3.63, 3.8) is 0 Å². The van der Waals surface area contributed by atoms with Gasteiger partial charge in [0.25, 0.3) is 5.91 Å². The maximum Gasteiger partial charge on any atom is 0.251 e. The quantitative estimate of drug-likeness (QED) is 0.781. The van der Waals surface area contributed by atoms with E-state index in [1.165, 1.54) is 17.5 Å². The molecule has 1 aromatic heterocycles. The highest BCUT2D eigenvalue weighted by atomic mass is 16.1. The van der Waals surface area contributed by atoms with Crippen LogP contribution in [0.25, 0.3) is 11.4 Å². The summed E-state index contributed by atoms with van der Waals surface area (Å²) in [5, 5.41) is 9.80. The summed E-state index contributed by atoms with van der Waals surface area (Å²) in [6, 6.07) is 15.8. The number of hydrogen-bond donors (Lipinski definition) is 2. The van der Waals surface area contributed by atoms with Gasteiger partial charge in [0.05, 0.1) is 6.04 Å². The lowest BCUT2D eigenvalue weighted by Gasteiger charge is -2.14. The van der Waals surface area contributed by atoms with Crippen LogP contribution in [0, 0.1) is 0 Å². The van der Waals surface area contributed by atoms with Crippen molar-refractivity contribution in [2.45, 2.75) is 18.9 Å². The van der Waals surface area contributed by atoms with Gasteiger partial charge in [-0.25, -0.2) is 4.98 Å². The highest BCUT2D eigenvalue weighted by Crippen LogP contribution is 2.31. The molecule has 4 rings (SSSR count). The summed E-state index contributed by atoms with van der Waals surface area (Å²) in [7, 11) is 0. The molecule has 0 unspecified atom stereocenters. The van der Waals surface area contributed by atoms with Crippen molar-refractivity contribution in [3.05, 3.63) is 71.5 Å². The van der Waals surface area contributed by atoms with Crippen molar-refractivity contribution in [2.24, 2.45) is 0 Å². The number of nitrogens with one attached hydrogen (secondary N) is 2. The summed E-state index contributed by atoms with van der Waals surface area (Å²) in [6.45, 7) is 0. The zero-order chi connectivity index (χ0) is 15.6. The summed E-state index contributed by atoms with van der Waals surface area (Å²) in [6.07, 6.45) is 3.42. The minimum Gasteiger partial charge on any atom is -0.345 e. The number of nitrogens with zero attached hydrogens (tertiary/aromatic N) is 2. The first-order valence-corrected chi connectivity index (χ1v) is 7.66. The number of carbonyl (C=O) groups is 1. The predicted molar refractivity (Wildman–Crippen MR) is 86.8 cm³/mol. The van der Waals surface area contributed by atoms with Crippen LogP contribution in [0.3, 0.4) is 0 Å². The molecule has 0 saturated heterocycles. The van der Waals surface area contributed by atoms with E-state index in [-0.39, 0.29) is 11.9 Å². The topological polar surface area (TPSA) is 70.7 Å². The molecular formula is C18H16N4O. The van der Waals surface area contributed by atoms with Crippen LogP contribution in [0.2, 0.25) is 0 Å². The summed E-state index contributed by atoms with van der Waals surface area (Å²) < 4.78 is 0. The minimum absolute atomic E-state index is 0.0620. The van der Waals surface area contributed by atoms with Gasteiger partial charge in [-0.2, -0.15) is 5.10 Å². The molecule has 1 amide bonds. The molecule has 0 aliphatic heterocycles. The molecule has 23 heavy (non-hydrogen) atoms. The Labute approximate surface area is 133 Å². The highest BCUT2D eigenvalue weighted by molar-refractivity contribution is 5.95. The smallest absolute Gasteiger partial charge is 0.251 e. The van der Waals surface area contributed by atoms with Crippen molar-refractivity contribution in [1.29, 1.82) is 0 Å². The SMILES string of the molecule is O=C(N[C@H]1CCc2ccccc21)c1cccc(-c2ncn[nH]2)c1. The number of carbonyl (C=O) groups excluding carboxylic acids is 1. The number of aromatic amines is 1. The van der Waals surface area contributed by atoms with Crippen LogP contribution < -0.4 is 5.32 Å². The van der Waals surface area contributed by atoms with Gasteiger partial charge in [-0.1, -0.05) is 36.4 Å². The fourth-order valence-electron chi connectivity index (χ4n) is 3.10. The van der Waals surface area contributed by atoms with E-state index < -0.39 is 0 Å². The van der Waals surface area contributed by atoms with E-state index in [9.17, 15) is 4.79 Å². The first-order chi connectivity index (χ1) is 11.3. The molecule has 1 heterocycles. The van der Waals surface area contributed by atoms with Crippen molar-refractivity contribution >= 4 is 5.91 Å². The predicted octanol–water partition coefficient (Wildman–Crippen LogP) is 2.89. The first-order valence-electron chi connectivity index (χ1n) is 7.66. The number of fused-ring (bicyclic) bond motifs is 1. The van der Waals surface area contributed by atoms with Crippen LogP contribution in [0.5, 0.6) is 0 Å². The lowest BCUT2D eigenvalue weighted by molar-refractivity contribution is 0.0937. The van der Waals surface area contributed by atoms with Crippen molar-refractivity contribution in [2.75, 3.05) is 0 Å². The Kier molecular flexibility index (Phi) is 3.38. The Morgan fingerprint density at radius 3 is 2.96 bits per heavy atom. The highest BCUT2D eigenvalue weighted by Gasteiger charge is 2.23. The maximum absolute atomic E-state index is 12.6. The van der Waals surface area contributed by atoms with Gasteiger partial charge in [-0.15, -0.1) is 0 Å². The van der Waals surface area contributed by atoms with Crippen LogP contribution in [0.4, 0.5) is 0 Å².